The normalized spacial score (nSPS) is 10.6. The van der Waals surface area contributed by atoms with Crippen molar-refractivity contribution in [1.29, 1.82) is 0 Å². The summed E-state index contributed by atoms with van der Waals surface area (Å²) in [6.45, 7) is 4.33. The molecular weight excluding hydrogens is 385 g/mol. The van der Waals surface area contributed by atoms with Crippen LogP contribution in [0.15, 0.2) is 30.5 Å². The number of fused-ring (bicyclic) bond motifs is 1. The Bertz CT molecular complexity index is 686. The molecule has 0 saturated carbocycles. The third-order valence-electron chi connectivity index (χ3n) is 4.19. The number of amides is 1. The number of carbonyl (C=O) groups is 1. The molecule has 0 fully saturated rings. The summed E-state index contributed by atoms with van der Waals surface area (Å²) in [5, 5.41) is 4.37. The summed E-state index contributed by atoms with van der Waals surface area (Å²) in [5.41, 5.74) is 6.06. The number of ether oxygens (including phenoxy) is 1. The van der Waals surface area contributed by atoms with Crippen LogP contribution in [0.2, 0.25) is 5.02 Å². The lowest BCUT2D eigenvalue weighted by molar-refractivity contribution is -0.125. The third kappa shape index (κ3) is 5.61. The molecule has 2 aromatic rings. The highest BCUT2D eigenvalue weighted by atomic mass is 35.5. The van der Waals surface area contributed by atoms with Crippen molar-refractivity contribution in [2.45, 2.75) is 32.2 Å². The van der Waals surface area contributed by atoms with Crippen molar-refractivity contribution in [2.24, 2.45) is 5.73 Å². The number of hydrogen-bond acceptors (Lipinski definition) is 4. The van der Waals surface area contributed by atoms with Crippen LogP contribution in [0.5, 0.6) is 5.75 Å². The summed E-state index contributed by atoms with van der Waals surface area (Å²) in [6.07, 6.45) is 3.22. The van der Waals surface area contributed by atoms with Crippen LogP contribution in [0.4, 0.5) is 0 Å². The first-order valence-electron chi connectivity index (χ1n) is 7.72. The van der Waals surface area contributed by atoms with Gasteiger partial charge in [0.1, 0.15) is 11.3 Å². The minimum atomic E-state index is -0.374. The van der Waals surface area contributed by atoms with Crippen molar-refractivity contribution in [2.75, 3.05) is 13.2 Å². The van der Waals surface area contributed by atoms with Crippen molar-refractivity contribution in [1.82, 2.24) is 10.3 Å². The van der Waals surface area contributed by atoms with Gasteiger partial charge >= 0.3 is 0 Å². The number of rotatable bonds is 7. The van der Waals surface area contributed by atoms with E-state index in [1.807, 2.05) is 26.0 Å². The van der Waals surface area contributed by atoms with E-state index in [4.69, 9.17) is 22.1 Å². The van der Waals surface area contributed by atoms with Crippen molar-refractivity contribution in [3.63, 3.8) is 0 Å². The van der Waals surface area contributed by atoms with Gasteiger partial charge in [0.25, 0.3) is 5.91 Å². The van der Waals surface area contributed by atoms with Gasteiger partial charge in [-0.1, -0.05) is 25.4 Å². The maximum Gasteiger partial charge on any atom is 0.258 e. The Morgan fingerprint density at radius 1 is 1.28 bits per heavy atom. The Kier molecular flexibility index (Phi) is 10.1. The summed E-state index contributed by atoms with van der Waals surface area (Å²) < 4.78 is 5.64. The second-order valence-corrected chi connectivity index (χ2v) is 5.88. The van der Waals surface area contributed by atoms with Gasteiger partial charge < -0.3 is 15.8 Å². The fraction of sp³-hybridized carbons (Fsp3) is 0.412. The van der Waals surface area contributed by atoms with E-state index in [-0.39, 0.29) is 42.9 Å². The molecule has 8 heteroatoms. The Balaban J connectivity index is 0.00000288. The van der Waals surface area contributed by atoms with E-state index in [0.29, 0.717) is 22.8 Å². The van der Waals surface area contributed by atoms with Gasteiger partial charge in [0.15, 0.2) is 6.61 Å². The molecule has 5 nitrogen and oxygen atoms in total. The van der Waals surface area contributed by atoms with E-state index < -0.39 is 0 Å². The highest BCUT2D eigenvalue weighted by Gasteiger charge is 2.26. The van der Waals surface area contributed by atoms with E-state index in [2.05, 4.69) is 10.3 Å². The molecule has 0 atom stereocenters. The molecule has 3 N–H and O–H groups in total. The molecule has 1 amide bonds. The van der Waals surface area contributed by atoms with Crippen LogP contribution < -0.4 is 15.8 Å². The smallest absolute Gasteiger partial charge is 0.258 e. The molecule has 0 radical (unpaired) electrons. The maximum absolute atomic E-state index is 12.2. The molecule has 1 heterocycles. The number of hydrogen-bond donors (Lipinski definition) is 2. The van der Waals surface area contributed by atoms with Gasteiger partial charge in [0.05, 0.1) is 10.6 Å². The van der Waals surface area contributed by atoms with E-state index in [1.165, 1.54) is 0 Å². The second-order valence-electron chi connectivity index (χ2n) is 5.47. The number of pyridine rings is 1. The maximum atomic E-state index is 12.2. The van der Waals surface area contributed by atoms with E-state index >= 15 is 0 Å². The fourth-order valence-corrected chi connectivity index (χ4v) is 2.69. The van der Waals surface area contributed by atoms with Crippen LogP contribution in [0.3, 0.4) is 0 Å². The predicted molar refractivity (Wildman–Crippen MR) is 107 cm³/mol. The van der Waals surface area contributed by atoms with Crippen LogP contribution in [-0.2, 0) is 4.79 Å². The molecular formula is C17H24Cl3N3O2. The van der Waals surface area contributed by atoms with Crippen LogP contribution in [-0.4, -0.2) is 29.6 Å². The molecule has 25 heavy (non-hydrogen) atoms. The van der Waals surface area contributed by atoms with Crippen LogP contribution in [0, 0.1) is 0 Å². The van der Waals surface area contributed by atoms with E-state index in [1.54, 1.807) is 18.3 Å². The first-order chi connectivity index (χ1) is 11.0. The van der Waals surface area contributed by atoms with Crippen molar-refractivity contribution >= 4 is 53.2 Å². The van der Waals surface area contributed by atoms with Gasteiger partial charge in [0, 0.05) is 18.1 Å². The summed E-state index contributed by atoms with van der Waals surface area (Å²) in [6, 6.07) is 7.13. The average Bonchev–Trinajstić information content (AvgIpc) is 2.59. The molecule has 0 bridgehead atoms. The Hall–Kier alpha value is -1.27. The number of nitrogens with two attached hydrogens (primary N) is 1. The van der Waals surface area contributed by atoms with Crippen molar-refractivity contribution in [3.05, 3.63) is 35.5 Å². The molecule has 0 aliphatic heterocycles. The summed E-state index contributed by atoms with van der Waals surface area (Å²) >= 11 is 6.15. The minimum absolute atomic E-state index is 0. The van der Waals surface area contributed by atoms with Gasteiger partial charge in [-0.25, -0.2) is 0 Å². The summed E-state index contributed by atoms with van der Waals surface area (Å²) in [5.74, 6) is 0.338. The molecule has 2 rings (SSSR count). The van der Waals surface area contributed by atoms with E-state index in [9.17, 15) is 4.79 Å². The standard InChI is InChI=1S/C17H22ClN3O2.2ClH/c1-3-17(4-2,11-19)21-15(22)10-23-14-8-7-13(18)12-6-5-9-20-16(12)14;;/h5-9H,3-4,10-11,19H2,1-2H3,(H,21,22);2*1H. The predicted octanol–water partition coefficient (Wildman–Crippen LogP) is 3.74. The largest absolute Gasteiger partial charge is 0.481 e. The van der Waals surface area contributed by atoms with Crippen LogP contribution >= 0.6 is 36.4 Å². The topological polar surface area (TPSA) is 77.2 Å². The number of halogens is 3. The first kappa shape index (κ1) is 23.7. The molecule has 1 aromatic carbocycles. The lowest BCUT2D eigenvalue weighted by atomic mass is 9.93. The monoisotopic (exact) mass is 407 g/mol. The molecule has 0 spiro atoms. The molecule has 0 aliphatic rings. The number of nitrogens with zero attached hydrogens (tertiary/aromatic N) is 1. The fourth-order valence-electron chi connectivity index (χ4n) is 2.47. The zero-order valence-corrected chi connectivity index (χ0v) is 16.6. The first-order valence-corrected chi connectivity index (χ1v) is 8.10. The van der Waals surface area contributed by atoms with Gasteiger partial charge in [-0.3, -0.25) is 9.78 Å². The molecule has 1 aromatic heterocycles. The number of benzene rings is 1. The lowest BCUT2D eigenvalue weighted by Gasteiger charge is -2.31. The van der Waals surface area contributed by atoms with Crippen molar-refractivity contribution < 1.29 is 9.53 Å². The van der Waals surface area contributed by atoms with Gasteiger partial charge in [-0.05, 0) is 37.1 Å². The number of carbonyl (C=O) groups excluding carboxylic acids is 1. The summed E-state index contributed by atoms with van der Waals surface area (Å²) in [7, 11) is 0. The summed E-state index contributed by atoms with van der Waals surface area (Å²) in [4.78, 5) is 16.5. The van der Waals surface area contributed by atoms with Crippen molar-refractivity contribution in [3.8, 4) is 5.75 Å². The quantitative estimate of drug-likeness (QED) is 0.731. The average molecular weight is 409 g/mol. The van der Waals surface area contributed by atoms with Crippen LogP contribution in [0.1, 0.15) is 26.7 Å². The highest BCUT2D eigenvalue weighted by Crippen LogP contribution is 2.29. The SMILES string of the molecule is CCC(CC)(CN)NC(=O)COc1ccc(Cl)c2cccnc12.Cl.Cl. The van der Waals surface area contributed by atoms with Gasteiger partial charge in [-0.15, -0.1) is 24.8 Å². The van der Waals surface area contributed by atoms with Gasteiger partial charge in [-0.2, -0.15) is 0 Å². The zero-order chi connectivity index (χ0) is 16.9. The van der Waals surface area contributed by atoms with Crippen LogP contribution in [0.25, 0.3) is 10.9 Å². The zero-order valence-electron chi connectivity index (χ0n) is 14.3. The Morgan fingerprint density at radius 2 is 1.96 bits per heavy atom. The molecule has 0 aliphatic carbocycles. The molecule has 140 valence electrons. The molecule has 0 unspecified atom stereocenters. The third-order valence-corrected chi connectivity index (χ3v) is 4.52. The van der Waals surface area contributed by atoms with E-state index in [0.717, 1.165) is 18.2 Å². The number of aromatic nitrogens is 1. The highest BCUT2D eigenvalue weighted by molar-refractivity contribution is 6.35. The minimum Gasteiger partial charge on any atom is -0.481 e. The molecule has 0 saturated heterocycles. The lowest BCUT2D eigenvalue weighted by Crippen LogP contribution is -2.54. The Labute approximate surface area is 165 Å². The number of nitrogens with one attached hydrogen (secondary N) is 1. The van der Waals surface area contributed by atoms with Gasteiger partial charge in [0.2, 0.25) is 0 Å². The Morgan fingerprint density at radius 3 is 2.56 bits per heavy atom. The second kappa shape index (κ2) is 10.7.